The van der Waals surface area contributed by atoms with Gasteiger partial charge in [-0.2, -0.15) is 0 Å². The van der Waals surface area contributed by atoms with Gasteiger partial charge in [-0.25, -0.2) is 27.0 Å². The summed E-state index contributed by atoms with van der Waals surface area (Å²) in [4.78, 5) is 35.3. The molecule has 1 unspecified atom stereocenters. The van der Waals surface area contributed by atoms with Gasteiger partial charge in [0.15, 0.2) is 26.3 Å². The lowest BCUT2D eigenvalue weighted by Crippen LogP contribution is -2.29. The summed E-state index contributed by atoms with van der Waals surface area (Å²) in [7, 11) is -1.90. The van der Waals surface area contributed by atoms with Crippen LogP contribution in [0.5, 0.6) is 11.5 Å². The Kier molecular flexibility index (Phi) is 10.3. The highest BCUT2D eigenvalue weighted by atomic mass is 32.2. The maximum atomic E-state index is 15.9. The number of carbonyl (C=O) groups is 2. The van der Waals surface area contributed by atoms with Crippen molar-refractivity contribution in [2.75, 3.05) is 20.0 Å². The number of halogens is 2. The predicted molar refractivity (Wildman–Crippen MR) is 197 cm³/mol. The van der Waals surface area contributed by atoms with Crippen LogP contribution in [-0.2, 0) is 40.7 Å². The number of nitrogens with one attached hydrogen (secondary N) is 2. The van der Waals surface area contributed by atoms with Crippen molar-refractivity contribution >= 4 is 38.8 Å². The van der Waals surface area contributed by atoms with Gasteiger partial charge in [-0.3, -0.25) is 4.79 Å². The van der Waals surface area contributed by atoms with Crippen molar-refractivity contribution < 1.29 is 41.0 Å². The van der Waals surface area contributed by atoms with Crippen LogP contribution in [0.25, 0.3) is 28.4 Å². The average molecular weight is 746 g/mol. The van der Waals surface area contributed by atoms with Crippen LogP contribution in [0.1, 0.15) is 68.8 Å². The molecule has 1 aliphatic rings. The third-order valence-electron chi connectivity index (χ3n) is 9.90. The second kappa shape index (κ2) is 14.6. The monoisotopic (exact) mass is 745 g/mol. The van der Waals surface area contributed by atoms with E-state index in [-0.39, 0.29) is 40.8 Å². The molecule has 5 aromatic rings. The highest BCUT2D eigenvalue weighted by Crippen LogP contribution is 2.42. The molecule has 3 heterocycles. The molecule has 13 heteroatoms. The van der Waals surface area contributed by atoms with Gasteiger partial charge < -0.3 is 24.2 Å². The number of methoxy groups -OCH3 is 2. The fourth-order valence-corrected chi connectivity index (χ4v) is 8.94. The lowest BCUT2D eigenvalue weighted by Gasteiger charge is -2.32. The second-order valence-electron chi connectivity index (χ2n) is 14.3. The van der Waals surface area contributed by atoms with Gasteiger partial charge in [-0.1, -0.05) is 44.5 Å². The van der Waals surface area contributed by atoms with Crippen molar-refractivity contribution in [2.24, 2.45) is 5.41 Å². The van der Waals surface area contributed by atoms with E-state index in [1.807, 2.05) is 45.0 Å². The smallest absolute Gasteiger partial charge is 0.349 e. The quantitative estimate of drug-likeness (QED) is 0.172. The van der Waals surface area contributed by atoms with E-state index in [2.05, 4.69) is 15.0 Å². The summed E-state index contributed by atoms with van der Waals surface area (Å²) in [5, 5.41) is 0.387. The molecule has 0 aliphatic carbocycles. The summed E-state index contributed by atoms with van der Waals surface area (Å²) in [5.41, 5.74) is 1.34. The van der Waals surface area contributed by atoms with Gasteiger partial charge in [0.1, 0.15) is 17.4 Å². The van der Waals surface area contributed by atoms with Crippen LogP contribution < -0.4 is 4.74 Å². The first-order chi connectivity index (χ1) is 25.1. The van der Waals surface area contributed by atoms with E-state index in [1.165, 1.54) is 31.4 Å². The number of benzene rings is 3. The lowest BCUT2D eigenvalue weighted by molar-refractivity contribution is -0.140. The largest absolute Gasteiger partial charge is 0.469 e. The number of ether oxygens (including phenoxy) is 3. The Morgan fingerprint density at radius 3 is 2.53 bits per heavy atom. The first-order valence-electron chi connectivity index (χ1n) is 17.2. The van der Waals surface area contributed by atoms with Crippen molar-refractivity contribution in [1.82, 2.24) is 15.0 Å². The van der Waals surface area contributed by atoms with Gasteiger partial charge in [0.05, 0.1) is 25.5 Å². The number of esters is 2. The van der Waals surface area contributed by atoms with E-state index in [0.717, 1.165) is 24.3 Å². The van der Waals surface area contributed by atoms with Crippen molar-refractivity contribution in [3.63, 3.8) is 0 Å². The molecule has 6 rings (SSSR count). The Labute approximate surface area is 306 Å². The molecule has 1 aliphatic heterocycles. The molecule has 2 aromatic heterocycles. The number of carbonyl (C=O) groups excluding carboxylic acids is 2. The highest BCUT2D eigenvalue weighted by Gasteiger charge is 2.36. The van der Waals surface area contributed by atoms with Crippen LogP contribution >= 0.6 is 0 Å². The standard InChI is InChI=1S/C40H41F2N3O7S/c1-39(2)15-7-16-40(3,25-9-6-8-24(18-25)10-13-35(46)50-4)34-22-44-37(45-34)29-19-26(11-12-30(29)41)52-36-28(27-14-17-43-32(27)21-31(36)42)20-33(38(47)51-5)53(48,49)23-39/h6,8-9,11-12,14,17-22,43H,7,10,13,15-16,23H2,1-5H3,(H,44,45)/b33-20-. The predicted octanol–water partition coefficient (Wildman–Crippen LogP) is 8.18. The Balaban J connectivity index is 1.53. The van der Waals surface area contributed by atoms with E-state index in [4.69, 9.17) is 14.2 Å². The van der Waals surface area contributed by atoms with Gasteiger partial charge in [0.25, 0.3) is 0 Å². The molecule has 2 N–H and O–H groups in total. The number of H-pyrrole nitrogens is 2. The van der Waals surface area contributed by atoms with E-state index in [0.29, 0.717) is 42.3 Å². The fourth-order valence-electron chi connectivity index (χ4n) is 6.98. The molecule has 0 saturated carbocycles. The maximum absolute atomic E-state index is 15.9. The molecule has 0 fully saturated rings. The van der Waals surface area contributed by atoms with Gasteiger partial charge in [0, 0.05) is 52.5 Å². The van der Waals surface area contributed by atoms with Crippen molar-refractivity contribution in [2.45, 2.75) is 58.3 Å². The number of sulfone groups is 1. The minimum Gasteiger partial charge on any atom is -0.469 e. The molecule has 53 heavy (non-hydrogen) atoms. The molecule has 0 spiro atoms. The van der Waals surface area contributed by atoms with Crippen LogP contribution in [0.4, 0.5) is 8.78 Å². The molecule has 3 aromatic carbocycles. The lowest BCUT2D eigenvalue weighted by atomic mass is 9.74. The van der Waals surface area contributed by atoms with E-state index < -0.39 is 48.9 Å². The molecule has 10 nitrogen and oxygen atoms in total. The Hall–Kier alpha value is -5.30. The van der Waals surface area contributed by atoms with Crippen LogP contribution in [0.2, 0.25) is 0 Å². The van der Waals surface area contributed by atoms with Crippen molar-refractivity contribution in [1.29, 1.82) is 0 Å². The van der Waals surface area contributed by atoms with Crippen molar-refractivity contribution in [3.05, 3.63) is 106 Å². The number of nitrogens with zero attached hydrogens (tertiary/aromatic N) is 1. The van der Waals surface area contributed by atoms with Gasteiger partial charge in [-0.15, -0.1) is 0 Å². The number of aromatic amines is 2. The van der Waals surface area contributed by atoms with E-state index in [1.54, 1.807) is 18.5 Å². The molecule has 4 bridgehead atoms. The topological polar surface area (TPSA) is 140 Å². The number of aromatic nitrogens is 3. The number of imidazole rings is 1. The van der Waals surface area contributed by atoms with Crippen LogP contribution in [0, 0.1) is 17.0 Å². The summed E-state index contributed by atoms with van der Waals surface area (Å²) >= 11 is 0. The minimum absolute atomic E-state index is 0.0140. The zero-order valence-corrected chi connectivity index (χ0v) is 31.0. The molecule has 0 radical (unpaired) electrons. The number of rotatable bonds is 5. The fraction of sp³-hybridized carbons (Fsp3) is 0.325. The second-order valence-corrected chi connectivity index (χ2v) is 16.3. The Bertz CT molecular complexity index is 2340. The van der Waals surface area contributed by atoms with Crippen LogP contribution in [-0.4, -0.2) is 55.3 Å². The molecule has 278 valence electrons. The first-order valence-corrected chi connectivity index (χ1v) is 18.8. The van der Waals surface area contributed by atoms with Crippen LogP contribution in [0.3, 0.4) is 0 Å². The molecule has 0 saturated heterocycles. The number of aryl methyl sites for hydroxylation is 1. The summed E-state index contributed by atoms with van der Waals surface area (Å²) in [6.45, 7) is 5.65. The summed E-state index contributed by atoms with van der Waals surface area (Å²) in [6.07, 6.45) is 6.47. The SMILES string of the molecule is COC(=O)CCc1cccc(C2(C)CCCC(C)(C)CS(=O)(=O)/C(C(=O)OC)=C\c3c(c(F)cc4[nH]ccc34)Oc3ccc(F)c(c3)-c3ncc2[nH]3)c1. The van der Waals surface area contributed by atoms with Crippen molar-refractivity contribution in [3.8, 4) is 22.9 Å². The summed E-state index contributed by atoms with van der Waals surface area (Å²) in [5.74, 6) is -3.41. The number of hydrogen-bond donors (Lipinski definition) is 2. The Morgan fingerprint density at radius 2 is 1.77 bits per heavy atom. The third kappa shape index (κ3) is 7.75. The Morgan fingerprint density at radius 1 is 0.981 bits per heavy atom. The number of fused-ring (bicyclic) bond motifs is 8. The minimum atomic E-state index is -4.33. The summed E-state index contributed by atoms with van der Waals surface area (Å²) in [6, 6.07) is 14.5. The van der Waals surface area contributed by atoms with Crippen LogP contribution in [0.15, 0.2) is 71.9 Å². The molecular formula is C40H41F2N3O7S. The molecular weight excluding hydrogens is 705 g/mol. The highest BCUT2D eigenvalue weighted by molar-refractivity contribution is 7.96. The molecule has 1 atom stereocenters. The van der Waals surface area contributed by atoms with E-state index >= 15 is 8.78 Å². The van der Waals surface area contributed by atoms with E-state index in [9.17, 15) is 18.0 Å². The van der Waals surface area contributed by atoms with Gasteiger partial charge >= 0.3 is 11.9 Å². The average Bonchev–Trinajstić information content (AvgIpc) is 3.80. The zero-order valence-electron chi connectivity index (χ0n) is 30.1. The van der Waals surface area contributed by atoms with Gasteiger partial charge in [0.2, 0.25) is 0 Å². The third-order valence-corrected chi connectivity index (χ3v) is 12.0. The van der Waals surface area contributed by atoms with Gasteiger partial charge in [-0.05, 0) is 73.1 Å². The zero-order chi connectivity index (χ0) is 38.1. The maximum Gasteiger partial charge on any atom is 0.349 e. The normalized spacial score (nSPS) is 19.5. The first kappa shape index (κ1) is 37.5. The molecule has 0 amide bonds. The summed E-state index contributed by atoms with van der Waals surface area (Å²) < 4.78 is 75.6. The number of hydrogen-bond acceptors (Lipinski definition) is 8.